The lowest BCUT2D eigenvalue weighted by Crippen LogP contribution is -2.30. The van der Waals surface area contributed by atoms with E-state index in [1.165, 1.54) is 19.2 Å². The van der Waals surface area contributed by atoms with Gasteiger partial charge in [-0.1, -0.05) is 28.1 Å². The van der Waals surface area contributed by atoms with Crippen LogP contribution < -0.4 is 10.9 Å². The molecule has 0 aliphatic rings. The molecule has 20 heavy (non-hydrogen) atoms. The number of aryl methyl sites for hydroxylation is 1. The number of carbonyl (C=O) groups is 1. The fourth-order valence-electron chi connectivity index (χ4n) is 1.73. The Hall–Kier alpha value is -1.95. The normalized spacial score (nSPS) is 11.9. The number of carbonyl (C=O) groups excluding carboxylic acids is 1. The summed E-state index contributed by atoms with van der Waals surface area (Å²) in [5.41, 5.74) is 0.963. The van der Waals surface area contributed by atoms with Gasteiger partial charge in [0, 0.05) is 17.6 Å². The molecule has 0 fully saturated rings. The molecule has 104 valence electrons. The summed E-state index contributed by atoms with van der Waals surface area (Å²) in [6.45, 7) is 1.89. The van der Waals surface area contributed by atoms with Crippen LogP contribution in [0.25, 0.3) is 0 Å². The molecule has 1 amide bonds. The molecule has 5 nitrogen and oxygen atoms in total. The minimum Gasteiger partial charge on any atom is -0.344 e. The van der Waals surface area contributed by atoms with Gasteiger partial charge in [-0.15, -0.1) is 0 Å². The number of rotatable bonds is 3. The highest BCUT2D eigenvalue weighted by Crippen LogP contribution is 2.16. The van der Waals surface area contributed by atoms with E-state index < -0.39 is 0 Å². The Labute approximate surface area is 124 Å². The fourth-order valence-corrected chi connectivity index (χ4v) is 1.99. The van der Waals surface area contributed by atoms with Gasteiger partial charge in [0.15, 0.2) is 0 Å². The lowest BCUT2D eigenvalue weighted by Gasteiger charge is -2.14. The van der Waals surface area contributed by atoms with Gasteiger partial charge in [-0.05, 0) is 30.7 Å². The number of hydrogen-bond acceptors (Lipinski definition) is 3. The zero-order valence-electron chi connectivity index (χ0n) is 11.1. The number of nitrogens with one attached hydrogen (secondary N) is 1. The van der Waals surface area contributed by atoms with Crippen molar-refractivity contribution in [1.29, 1.82) is 0 Å². The Morgan fingerprint density at radius 3 is 2.50 bits per heavy atom. The Morgan fingerprint density at radius 1 is 1.25 bits per heavy atom. The molecule has 1 heterocycles. The zero-order valence-corrected chi connectivity index (χ0v) is 12.7. The van der Waals surface area contributed by atoms with Gasteiger partial charge in [0.2, 0.25) is 0 Å². The zero-order chi connectivity index (χ0) is 14.7. The summed E-state index contributed by atoms with van der Waals surface area (Å²) in [7, 11) is 1.51. The molecule has 0 saturated heterocycles. The third-order valence-corrected chi connectivity index (χ3v) is 3.44. The SMILES string of the molecule is CC(NC(=O)c1ccc(=O)n(C)n1)c1ccc(Br)cc1. The molecule has 1 N–H and O–H groups in total. The molecule has 1 unspecified atom stereocenters. The molecule has 6 heteroatoms. The van der Waals surface area contributed by atoms with Gasteiger partial charge < -0.3 is 5.32 Å². The average molecular weight is 336 g/mol. The van der Waals surface area contributed by atoms with Crippen molar-refractivity contribution < 1.29 is 4.79 Å². The van der Waals surface area contributed by atoms with Gasteiger partial charge in [0.05, 0.1) is 6.04 Å². The summed E-state index contributed by atoms with van der Waals surface area (Å²) in [6, 6.07) is 10.3. The third-order valence-electron chi connectivity index (χ3n) is 2.91. The summed E-state index contributed by atoms with van der Waals surface area (Å²) < 4.78 is 2.12. The van der Waals surface area contributed by atoms with Gasteiger partial charge in [0.25, 0.3) is 11.5 Å². The largest absolute Gasteiger partial charge is 0.344 e. The number of halogens is 1. The quantitative estimate of drug-likeness (QED) is 0.933. The third kappa shape index (κ3) is 3.33. The van der Waals surface area contributed by atoms with Crippen LogP contribution in [-0.4, -0.2) is 15.7 Å². The van der Waals surface area contributed by atoms with E-state index in [1.807, 2.05) is 31.2 Å². The lowest BCUT2D eigenvalue weighted by molar-refractivity contribution is 0.0932. The van der Waals surface area contributed by atoms with Crippen LogP contribution in [0.5, 0.6) is 0 Å². The summed E-state index contributed by atoms with van der Waals surface area (Å²) in [4.78, 5) is 23.3. The van der Waals surface area contributed by atoms with Crippen LogP contribution in [0, 0.1) is 0 Å². The van der Waals surface area contributed by atoms with Crippen molar-refractivity contribution in [2.24, 2.45) is 7.05 Å². The number of benzene rings is 1. The number of aromatic nitrogens is 2. The van der Waals surface area contributed by atoms with Crippen LogP contribution in [0.1, 0.15) is 29.0 Å². The van der Waals surface area contributed by atoms with E-state index in [0.29, 0.717) is 0 Å². The molecule has 0 spiro atoms. The predicted molar refractivity (Wildman–Crippen MR) is 79.5 cm³/mol. The van der Waals surface area contributed by atoms with Gasteiger partial charge in [-0.3, -0.25) is 9.59 Å². The predicted octanol–water partition coefficient (Wildman–Crippen LogP) is 2.03. The van der Waals surface area contributed by atoms with Crippen molar-refractivity contribution in [3.05, 3.63) is 62.5 Å². The topological polar surface area (TPSA) is 64.0 Å². The average Bonchev–Trinajstić information content (AvgIpc) is 2.42. The standard InChI is InChI=1S/C14H14BrN3O2/c1-9(10-3-5-11(15)6-4-10)16-14(20)12-7-8-13(19)18(2)17-12/h3-9H,1-2H3,(H,16,20). The maximum atomic E-state index is 12.1. The van der Waals surface area contributed by atoms with E-state index in [9.17, 15) is 9.59 Å². The Morgan fingerprint density at radius 2 is 1.90 bits per heavy atom. The van der Waals surface area contributed by atoms with Crippen LogP contribution in [0.3, 0.4) is 0 Å². The van der Waals surface area contributed by atoms with Crippen molar-refractivity contribution in [2.75, 3.05) is 0 Å². The molecule has 1 aromatic heterocycles. The molecule has 1 aromatic carbocycles. The monoisotopic (exact) mass is 335 g/mol. The van der Waals surface area contributed by atoms with Crippen LogP contribution >= 0.6 is 15.9 Å². The van der Waals surface area contributed by atoms with Crippen molar-refractivity contribution in [2.45, 2.75) is 13.0 Å². The second-order valence-electron chi connectivity index (χ2n) is 4.43. The molecular formula is C14H14BrN3O2. The van der Waals surface area contributed by atoms with Crippen LogP contribution in [0.4, 0.5) is 0 Å². The van der Waals surface area contributed by atoms with Crippen molar-refractivity contribution in [3.63, 3.8) is 0 Å². The van der Waals surface area contributed by atoms with Gasteiger partial charge in [-0.2, -0.15) is 5.10 Å². The molecule has 0 radical (unpaired) electrons. The first-order valence-corrected chi connectivity index (χ1v) is 6.87. The van der Waals surface area contributed by atoms with Gasteiger partial charge >= 0.3 is 0 Å². The minimum absolute atomic E-state index is 0.144. The van der Waals surface area contributed by atoms with Crippen LogP contribution in [0.15, 0.2) is 45.7 Å². The Bertz CT molecular complexity index is 680. The smallest absolute Gasteiger partial charge is 0.272 e. The molecule has 0 aliphatic carbocycles. The fraction of sp³-hybridized carbons (Fsp3) is 0.214. The van der Waals surface area contributed by atoms with Gasteiger partial charge in [-0.25, -0.2) is 4.68 Å². The second kappa shape index (κ2) is 6.00. The molecule has 0 bridgehead atoms. The number of hydrogen-bond donors (Lipinski definition) is 1. The van der Waals surface area contributed by atoms with E-state index in [2.05, 4.69) is 26.3 Å². The number of amides is 1. The molecule has 0 aliphatic heterocycles. The first-order chi connectivity index (χ1) is 9.47. The highest BCUT2D eigenvalue weighted by molar-refractivity contribution is 9.10. The van der Waals surface area contributed by atoms with E-state index in [4.69, 9.17) is 0 Å². The van der Waals surface area contributed by atoms with E-state index in [-0.39, 0.29) is 23.2 Å². The maximum absolute atomic E-state index is 12.1. The highest BCUT2D eigenvalue weighted by Gasteiger charge is 2.13. The van der Waals surface area contributed by atoms with E-state index in [1.54, 1.807) is 0 Å². The summed E-state index contributed by atoms with van der Waals surface area (Å²) in [6.07, 6.45) is 0. The Kier molecular flexibility index (Phi) is 4.34. The van der Waals surface area contributed by atoms with Crippen LogP contribution in [0.2, 0.25) is 0 Å². The van der Waals surface area contributed by atoms with Gasteiger partial charge in [0.1, 0.15) is 5.69 Å². The van der Waals surface area contributed by atoms with Crippen LogP contribution in [-0.2, 0) is 7.05 Å². The van der Waals surface area contributed by atoms with E-state index in [0.717, 1.165) is 14.7 Å². The molecule has 2 rings (SSSR count). The second-order valence-corrected chi connectivity index (χ2v) is 5.34. The first-order valence-electron chi connectivity index (χ1n) is 6.08. The number of nitrogens with zero attached hydrogens (tertiary/aromatic N) is 2. The molecule has 1 atom stereocenters. The molecule has 2 aromatic rings. The summed E-state index contributed by atoms with van der Waals surface area (Å²) >= 11 is 3.37. The minimum atomic E-state index is -0.309. The van der Waals surface area contributed by atoms with Crippen molar-refractivity contribution in [1.82, 2.24) is 15.1 Å². The maximum Gasteiger partial charge on any atom is 0.272 e. The van der Waals surface area contributed by atoms with E-state index >= 15 is 0 Å². The molecule has 0 saturated carbocycles. The van der Waals surface area contributed by atoms with Crippen molar-refractivity contribution >= 4 is 21.8 Å². The first kappa shape index (κ1) is 14.5. The summed E-state index contributed by atoms with van der Waals surface area (Å²) in [5, 5.41) is 6.76. The highest BCUT2D eigenvalue weighted by atomic mass is 79.9. The van der Waals surface area contributed by atoms with Crippen molar-refractivity contribution in [3.8, 4) is 0 Å². The lowest BCUT2D eigenvalue weighted by atomic mass is 10.1. The summed E-state index contributed by atoms with van der Waals surface area (Å²) in [5.74, 6) is -0.309. The Balaban J connectivity index is 2.12. The molecular weight excluding hydrogens is 322 g/mol.